The fourth-order valence-electron chi connectivity index (χ4n) is 2.12. The number of alkyl halides is 3. The molecule has 0 aliphatic carbocycles. The normalized spacial score (nSPS) is 12.0. The molecule has 2 aromatic rings. The molecule has 2 rings (SSSR count). The first-order valence-electron chi connectivity index (χ1n) is 6.36. The Morgan fingerprint density at radius 3 is 2.52 bits per heavy atom. The van der Waals surface area contributed by atoms with Crippen molar-refractivity contribution in [3.8, 4) is 0 Å². The highest BCUT2D eigenvalue weighted by Gasteiger charge is 2.36. The van der Waals surface area contributed by atoms with Gasteiger partial charge in [-0.15, -0.1) is 0 Å². The van der Waals surface area contributed by atoms with E-state index in [1.54, 1.807) is 0 Å². The zero-order valence-electron chi connectivity index (χ0n) is 11.4. The Hall–Kier alpha value is -1.56. The second kappa shape index (κ2) is 5.67. The number of pyridine rings is 1. The number of benzene rings is 1. The first kappa shape index (κ1) is 15.8. The van der Waals surface area contributed by atoms with Gasteiger partial charge in [0.15, 0.2) is 5.82 Å². The Morgan fingerprint density at radius 2 is 1.95 bits per heavy atom. The summed E-state index contributed by atoms with van der Waals surface area (Å²) in [7, 11) is 0. The molecule has 0 saturated carbocycles. The molecular formula is C14H13ClF4N2. The van der Waals surface area contributed by atoms with Gasteiger partial charge in [0.2, 0.25) is 0 Å². The molecule has 1 N–H and O–H groups in total. The lowest BCUT2D eigenvalue weighted by molar-refractivity contribution is -0.141. The monoisotopic (exact) mass is 320 g/mol. The maximum atomic E-state index is 14.0. The van der Waals surface area contributed by atoms with Crippen LogP contribution in [-0.4, -0.2) is 11.5 Å². The molecule has 7 heteroatoms. The predicted molar refractivity (Wildman–Crippen MR) is 75.2 cm³/mol. The number of nitrogens with zero attached hydrogens (tertiary/aromatic N) is 1. The van der Waals surface area contributed by atoms with Crippen molar-refractivity contribution in [1.82, 2.24) is 4.98 Å². The minimum Gasteiger partial charge on any atom is -0.384 e. The number of hydrogen-bond donors (Lipinski definition) is 1. The molecule has 1 heterocycles. The summed E-state index contributed by atoms with van der Waals surface area (Å²) in [6.45, 7) is 3.68. The minimum absolute atomic E-state index is 0.0508. The minimum atomic E-state index is -4.66. The summed E-state index contributed by atoms with van der Waals surface area (Å²) < 4.78 is 53.2. The van der Waals surface area contributed by atoms with E-state index < -0.39 is 17.7 Å². The maximum Gasteiger partial charge on any atom is 0.433 e. The molecular weight excluding hydrogens is 308 g/mol. The van der Waals surface area contributed by atoms with E-state index in [1.165, 1.54) is 19.1 Å². The predicted octanol–water partition coefficient (Wildman–Crippen LogP) is 5.18. The van der Waals surface area contributed by atoms with Crippen molar-refractivity contribution >= 4 is 28.2 Å². The van der Waals surface area contributed by atoms with Crippen molar-refractivity contribution in [2.24, 2.45) is 0 Å². The third-order valence-corrected chi connectivity index (χ3v) is 3.40. The van der Waals surface area contributed by atoms with Gasteiger partial charge in [-0.25, -0.2) is 9.37 Å². The summed E-state index contributed by atoms with van der Waals surface area (Å²) in [4.78, 5) is 3.45. The number of rotatable bonds is 3. The molecule has 0 atom stereocenters. The number of hydrogen-bond acceptors (Lipinski definition) is 2. The number of anilines is 1. The van der Waals surface area contributed by atoms with Gasteiger partial charge in [-0.3, -0.25) is 0 Å². The standard InChI is InChI=1S/C14H13ClF4N2/c1-3-6-20-11-7(2)13(14(17,18)19)21-12-8(11)4-5-9(15)10(12)16/h4-5H,3,6H2,1-2H3,(H,20,21). The highest BCUT2D eigenvalue weighted by atomic mass is 35.5. The molecule has 0 aliphatic heterocycles. The van der Waals surface area contributed by atoms with Crippen molar-refractivity contribution in [2.75, 3.05) is 11.9 Å². The molecule has 0 amide bonds. The molecule has 21 heavy (non-hydrogen) atoms. The van der Waals surface area contributed by atoms with Crippen LogP contribution < -0.4 is 5.32 Å². The molecule has 114 valence electrons. The van der Waals surface area contributed by atoms with E-state index in [1.807, 2.05) is 6.92 Å². The summed E-state index contributed by atoms with van der Waals surface area (Å²) in [6, 6.07) is 2.78. The summed E-state index contributed by atoms with van der Waals surface area (Å²) in [6.07, 6.45) is -3.93. The Kier molecular flexibility index (Phi) is 4.27. The lowest BCUT2D eigenvalue weighted by Crippen LogP contribution is -2.14. The first-order chi connectivity index (χ1) is 9.77. The zero-order valence-corrected chi connectivity index (χ0v) is 12.2. The average molecular weight is 321 g/mol. The van der Waals surface area contributed by atoms with Crippen LogP contribution in [0.5, 0.6) is 0 Å². The highest BCUT2D eigenvalue weighted by molar-refractivity contribution is 6.31. The van der Waals surface area contributed by atoms with Crippen molar-refractivity contribution < 1.29 is 17.6 Å². The van der Waals surface area contributed by atoms with Crippen LogP contribution in [0.2, 0.25) is 5.02 Å². The third-order valence-electron chi connectivity index (χ3n) is 3.11. The molecule has 0 aliphatic rings. The van der Waals surface area contributed by atoms with E-state index in [9.17, 15) is 17.6 Å². The van der Waals surface area contributed by atoms with Crippen LogP contribution in [0.15, 0.2) is 12.1 Å². The average Bonchev–Trinajstić information content (AvgIpc) is 2.40. The number of fused-ring (bicyclic) bond motifs is 1. The summed E-state index contributed by atoms with van der Waals surface area (Å²) >= 11 is 5.63. The lowest BCUT2D eigenvalue weighted by Gasteiger charge is -2.17. The third kappa shape index (κ3) is 2.90. The van der Waals surface area contributed by atoms with Gasteiger partial charge in [0.1, 0.15) is 11.2 Å². The second-order valence-corrected chi connectivity index (χ2v) is 5.05. The quantitative estimate of drug-likeness (QED) is 0.788. The van der Waals surface area contributed by atoms with Crippen LogP contribution in [0.1, 0.15) is 24.6 Å². The van der Waals surface area contributed by atoms with E-state index >= 15 is 0 Å². The van der Waals surface area contributed by atoms with Crippen molar-refractivity contribution in [1.29, 1.82) is 0 Å². The zero-order chi connectivity index (χ0) is 15.8. The van der Waals surface area contributed by atoms with E-state index in [2.05, 4.69) is 10.3 Å². The molecule has 0 unspecified atom stereocenters. The van der Waals surface area contributed by atoms with Gasteiger partial charge < -0.3 is 5.32 Å². The number of nitrogens with one attached hydrogen (secondary N) is 1. The van der Waals surface area contributed by atoms with Gasteiger partial charge in [0, 0.05) is 23.2 Å². The molecule has 1 aromatic heterocycles. The lowest BCUT2D eigenvalue weighted by atomic mass is 10.1. The topological polar surface area (TPSA) is 24.9 Å². The Morgan fingerprint density at radius 1 is 1.29 bits per heavy atom. The van der Waals surface area contributed by atoms with Crippen LogP contribution in [0.25, 0.3) is 10.9 Å². The first-order valence-corrected chi connectivity index (χ1v) is 6.74. The fourth-order valence-corrected chi connectivity index (χ4v) is 2.27. The molecule has 0 saturated heterocycles. The number of aromatic nitrogens is 1. The molecule has 0 radical (unpaired) electrons. The maximum absolute atomic E-state index is 14.0. The summed E-state index contributed by atoms with van der Waals surface area (Å²) in [5, 5.41) is 2.95. The molecule has 0 spiro atoms. The van der Waals surface area contributed by atoms with Gasteiger partial charge in [-0.05, 0) is 25.5 Å². The Balaban J connectivity index is 2.83. The largest absolute Gasteiger partial charge is 0.433 e. The van der Waals surface area contributed by atoms with E-state index in [0.717, 1.165) is 6.42 Å². The van der Waals surface area contributed by atoms with Crippen molar-refractivity contribution in [3.63, 3.8) is 0 Å². The molecule has 1 aromatic carbocycles. The second-order valence-electron chi connectivity index (χ2n) is 4.64. The van der Waals surface area contributed by atoms with E-state index in [4.69, 9.17) is 11.6 Å². The van der Waals surface area contributed by atoms with Gasteiger partial charge in [-0.1, -0.05) is 18.5 Å². The fraction of sp³-hybridized carbons (Fsp3) is 0.357. The van der Waals surface area contributed by atoms with Gasteiger partial charge in [0.25, 0.3) is 0 Å². The molecule has 0 bridgehead atoms. The van der Waals surface area contributed by atoms with E-state index in [0.29, 0.717) is 6.54 Å². The van der Waals surface area contributed by atoms with Crippen LogP contribution in [0.3, 0.4) is 0 Å². The van der Waals surface area contributed by atoms with Crippen LogP contribution in [-0.2, 0) is 6.18 Å². The SMILES string of the molecule is CCCNc1c(C)c(C(F)(F)F)nc2c(F)c(Cl)ccc12. The van der Waals surface area contributed by atoms with Crippen LogP contribution in [0, 0.1) is 12.7 Å². The number of halogens is 5. The summed E-state index contributed by atoms with van der Waals surface area (Å²) in [5.41, 5.74) is -1.29. The van der Waals surface area contributed by atoms with Gasteiger partial charge in [0.05, 0.1) is 5.02 Å². The smallest absolute Gasteiger partial charge is 0.384 e. The highest BCUT2D eigenvalue weighted by Crippen LogP contribution is 2.38. The summed E-state index contributed by atoms with van der Waals surface area (Å²) in [5.74, 6) is -0.945. The van der Waals surface area contributed by atoms with Crippen LogP contribution in [0.4, 0.5) is 23.2 Å². The van der Waals surface area contributed by atoms with Gasteiger partial charge in [-0.2, -0.15) is 13.2 Å². The Labute approximate surface area is 124 Å². The van der Waals surface area contributed by atoms with Crippen molar-refractivity contribution in [2.45, 2.75) is 26.4 Å². The Bertz CT molecular complexity index is 683. The van der Waals surface area contributed by atoms with E-state index in [-0.39, 0.29) is 27.2 Å². The van der Waals surface area contributed by atoms with Crippen LogP contribution >= 0.6 is 11.6 Å². The van der Waals surface area contributed by atoms with Gasteiger partial charge >= 0.3 is 6.18 Å². The molecule has 0 fully saturated rings. The molecule has 2 nitrogen and oxygen atoms in total. The van der Waals surface area contributed by atoms with Crippen molar-refractivity contribution in [3.05, 3.63) is 34.2 Å².